The average molecular weight is 393 g/mol. The second kappa shape index (κ2) is 9.00. The zero-order valence-electron chi connectivity index (χ0n) is 17.6. The number of fused-ring (bicyclic) bond motifs is 1. The van der Waals surface area contributed by atoms with E-state index < -0.39 is 0 Å². The minimum Gasteiger partial charge on any atom is -0.497 e. The van der Waals surface area contributed by atoms with E-state index in [1.165, 1.54) is 11.1 Å². The number of piperidine rings is 1. The quantitative estimate of drug-likeness (QED) is 0.734. The zero-order chi connectivity index (χ0) is 20.2. The minimum atomic E-state index is 0.320. The van der Waals surface area contributed by atoms with Crippen molar-refractivity contribution in [1.29, 1.82) is 0 Å². The van der Waals surface area contributed by atoms with Crippen LogP contribution in [0.15, 0.2) is 54.6 Å². The smallest absolute Gasteiger partial charge is 0.222 e. The Hall–Kier alpha value is -2.33. The molecular formula is C25H32N2O2. The first-order chi connectivity index (χ1) is 14.2. The summed E-state index contributed by atoms with van der Waals surface area (Å²) in [5.41, 5.74) is 2.73. The van der Waals surface area contributed by atoms with Gasteiger partial charge in [0.2, 0.25) is 5.91 Å². The Morgan fingerprint density at radius 3 is 2.52 bits per heavy atom. The molecule has 2 fully saturated rings. The molecular weight excluding hydrogens is 360 g/mol. The van der Waals surface area contributed by atoms with E-state index in [0.29, 0.717) is 30.2 Å². The van der Waals surface area contributed by atoms with Gasteiger partial charge in [0.1, 0.15) is 5.75 Å². The molecule has 4 rings (SSSR count). The summed E-state index contributed by atoms with van der Waals surface area (Å²) in [5.74, 6) is 2.15. The SMILES string of the molecule is CCCC(=O)N1CC[C@H]2[C@@H](C1)[C@H](c1ccc(OC)cc1)CN2Cc1ccccc1. The summed E-state index contributed by atoms with van der Waals surface area (Å²) in [7, 11) is 1.71. The molecule has 154 valence electrons. The van der Waals surface area contributed by atoms with Gasteiger partial charge in [-0.25, -0.2) is 0 Å². The summed E-state index contributed by atoms with van der Waals surface area (Å²) >= 11 is 0. The van der Waals surface area contributed by atoms with Crippen molar-refractivity contribution in [2.75, 3.05) is 26.7 Å². The van der Waals surface area contributed by atoms with Gasteiger partial charge in [-0.1, -0.05) is 49.4 Å². The van der Waals surface area contributed by atoms with Crippen molar-refractivity contribution in [3.63, 3.8) is 0 Å². The second-order valence-electron chi connectivity index (χ2n) is 8.40. The Balaban J connectivity index is 1.57. The van der Waals surface area contributed by atoms with Crippen molar-refractivity contribution < 1.29 is 9.53 Å². The Morgan fingerprint density at radius 1 is 1.07 bits per heavy atom. The molecule has 0 N–H and O–H groups in total. The predicted octanol–water partition coefficient (Wildman–Crippen LogP) is 4.31. The van der Waals surface area contributed by atoms with E-state index in [0.717, 1.165) is 44.8 Å². The Labute approximate surface area is 174 Å². The lowest BCUT2D eigenvalue weighted by Gasteiger charge is -2.39. The van der Waals surface area contributed by atoms with Gasteiger partial charge in [-0.3, -0.25) is 9.69 Å². The highest BCUT2D eigenvalue weighted by Gasteiger charge is 2.45. The van der Waals surface area contributed by atoms with E-state index >= 15 is 0 Å². The second-order valence-corrected chi connectivity index (χ2v) is 8.40. The van der Waals surface area contributed by atoms with Gasteiger partial charge in [0.15, 0.2) is 0 Å². The van der Waals surface area contributed by atoms with E-state index in [4.69, 9.17) is 4.74 Å². The fourth-order valence-corrected chi connectivity index (χ4v) is 5.14. The number of nitrogens with zero attached hydrogens (tertiary/aromatic N) is 2. The van der Waals surface area contributed by atoms with E-state index in [1.807, 2.05) is 0 Å². The number of amides is 1. The number of benzene rings is 2. The molecule has 2 aromatic carbocycles. The third-order valence-electron chi connectivity index (χ3n) is 6.63. The van der Waals surface area contributed by atoms with Crippen molar-refractivity contribution in [3.05, 3.63) is 65.7 Å². The molecule has 3 atom stereocenters. The van der Waals surface area contributed by atoms with Crippen molar-refractivity contribution in [1.82, 2.24) is 9.80 Å². The zero-order valence-corrected chi connectivity index (χ0v) is 17.6. The van der Waals surface area contributed by atoms with Crippen molar-refractivity contribution in [2.24, 2.45) is 5.92 Å². The molecule has 1 amide bonds. The summed E-state index contributed by atoms with van der Waals surface area (Å²) in [6, 6.07) is 19.8. The highest BCUT2D eigenvalue weighted by atomic mass is 16.5. The number of rotatable bonds is 6. The lowest BCUT2D eigenvalue weighted by atomic mass is 9.81. The van der Waals surface area contributed by atoms with E-state index in [1.54, 1.807) is 7.11 Å². The summed E-state index contributed by atoms with van der Waals surface area (Å²) in [6.45, 7) is 5.89. The van der Waals surface area contributed by atoms with E-state index in [-0.39, 0.29) is 0 Å². The molecule has 0 radical (unpaired) electrons. The van der Waals surface area contributed by atoms with Crippen LogP contribution in [0, 0.1) is 5.92 Å². The monoisotopic (exact) mass is 392 g/mol. The molecule has 2 heterocycles. The standard InChI is InChI=1S/C25H32N2O2/c1-3-7-25(28)26-15-14-24-23(18-26)22(20-10-12-21(29-2)13-11-20)17-27(24)16-19-8-5-4-6-9-19/h4-6,8-13,22-24H,3,7,14-18H2,1-2H3/t22-,23-,24-/m0/s1. The van der Waals surface area contributed by atoms with Gasteiger partial charge in [-0.2, -0.15) is 0 Å². The normalized spacial score (nSPS) is 24.3. The highest BCUT2D eigenvalue weighted by molar-refractivity contribution is 5.76. The molecule has 29 heavy (non-hydrogen) atoms. The molecule has 0 bridgehead atoms. The maximum atomic E-state index is 12.6. The van der Waals surface area contributed by atoms with Crippen LogP contribution in [0.5, 0.6) is 5.75 Å². The van der Waals surface area contributed by atoms with Crippen LogP contribution in [0.2, 0.25) is 0 Å². The maximum Gasteiger partial charge on any atom is 0.222 e. The van der Waals surface area contributed by atoms with E-state index in [2.05, 4.69) is 71.3 Å². The van der Waals surface area contributed by atoms with Gasteiger partial charge in [0.25, 0.3) is 0 Å². The molecule has 2 aliphatic heterocycles. The summed E-state index contributed by atoms with van der Waals surface area (Å²) < 4.78 is 5.35. The molecule has 0 aromatic heterocycles. The molecule has 4 heteroatoms. The van der Waals surface area contributed by atoms with Crippen LogP contribution in [0.25, 0.3) is 0 Å². The van der Waals surface area contributed by atoms with Crippen LogP contribution in [0.3, 0.4) is 0 Å². The topological polar surface area (TPSA) is 32.8 Å². The lowest BCUT2D eigenvalue weighted by Crippen LogP contribution is -2.48. The van der Waals surface area contributed by atoms with Crippen LogP contribution in [0.4, 0.5) is 0 Å². The molecule has 2 aromatic rings. The van der Waals surface area contributed by atoms with Gasteiger partial charge in [-0.15, -0.1) is 0 Å². The molecule has 0 saturated carbocycles. The lowest BCUT2D eigenvalue weighted by molar-refractivity contribution is -0.133. The van der Waals surface area contributed by atoms with Gasteiger partial charge in [-0.05, 0) is 36.1 Å². The third kappa shape index (κ3) is 4.32. The number of hydrogen-bond donors (Lipinski definition) is 0. The van der Waals surface area contributed by atoms with Crippen LogP contribution < -0.4 is 4.74 Å². The molecule has 0 aliphatic carbocycles. The fraction of sp³-hybridized carbons (Fsp3) is 0.480. The minimum absolute atomic E-state index is 0.320. The Morgan fingerprint density at radius 2 is 1.83 bits per heavy atom. The number of carbonyl (C=O) groups excluding carboxylic acids is 1. The summed E-state index contributed by atoms with van der Waals surface area (Å²) in [6.07, 6.45) is 2.66. The van der Waals surface area contributed by atoms with Gasteiger partial charge in [0.05, 0.1) is 7.11 Å². The molecule has 2 saturated heterocycles. The highest BCUT2D eigenvalue weighted by Crippen LogP contribution is 2.42. The number of likely N-dealkylation sites (tertiary alicyclic amines) is 2. The number of carbonyl (C=O) groups is 1. The maximum absolute atomic E-state index is 12.6. The number of hydrogen-bond acceptors (Lipinski definition) is 3. The van der Waals surface area contributed by atoms with Gasteiger partial charge < -0.3 is 9.64 Å². The van der Waals surface area contributed by atoms with Crippen molar-refractivity contribution in [2.45, 2.75) is 44.7 Å². The average Bonchev–Trinajstić information content (AvgIpc) is 3.12. The summed E-state index contributed by atoms with van der Waals surface area (Å²) in [5, 5.41) is 0. The van der Waals surface area contributed by atoms with Crippen LogP contribution >= 0.6 is 0 Å². The van der Waals surface area contributed by atoms with E-state index in [9.17, 15) is 4.79 Å². The van der Waals surface area contributed by atoms with Gasteiger partial charge in [0, 0.05) is 50.5 Å². The third-order valence-corrected chi connectivity index (χ3v) is 6.63. The largest absolute Gasteiger partial charge is 0.497 e. The molecule has 2 aliphatic rings. The Kier molecular flexibility index (Phi) is 6.19. The van der Waals surface area contributed by atoms with Crippen molar-refractivity contribution >= 4 is 5.91 Å². The molecule has 0 unspecified atom stereocenters. The Bertz CT molecular complexity index is 805. The first-order valence-corrected chi connectivity index (χ1v) is 10.9. The van der Waals surface area contributed by atoms with Crippen LogP contribution in [-0.4, -0.2) is 48.5 Å². The molecule has 0 spiro atoms. The summed E-state index contributed by atoms with van der Waals surface area (Å²) in [4.78, 5) is 17.3. The number of ether oxygens (including phenoxy) is 1. The fourth-order valence-electron chi connectivity index (χ4n) is 5.14. The number of methoxy groups -OCH3 is 1. The molecule has 4 nitrogen and oxygen atoms in total. The predicted molar refractivity (Wildman–Crippen MR) is 116 cm³/mol. The van der Waals surface area contributed by atoms with Crippen LogP contribution in [0.1, 0.15) is 43.2 Å². The van der Waals surface area contributed by atoms with Crippen molar-refractivity contribution in [3.8, 4) is 5.75 Å². The first kappa shape index (κ1) is 20.0. The van der Waals surface area contributed by atoms with Crippen LogP contribution in [-0.2, 0) is 11.3 Å². The van der Waals surface area contributed by atoms with Gasteiger partial charge >= 0.3 is 0 Å². The first-order valence-electron chi connectivity index (χ1n) is 10.9.